The molecule has 3 heterocycles. The number of nitrogens with zero attached hydrogens (tertiary/aromatic N) is 4. The van der Waals surface area contributed by atoms with Gasteiger partial charge in [0.05, 0.1) is 11.8 Å². The molecule has 2 aliphatic rings. The zero-order valence-electron chi connectivity index (χ0n) is 16.6. The molecule has 3 aromatic rings. The lowest BCUT2D eigenvalue weighted by Crippen LogP contribution is -2.26. The van der Waals surface area contributed by atoms with Gasteiger partial charge in [-0.25, -0.2) is 9.97 Å². The number of carbonyl (C=O) groups excluding carboxylic acids is 1. The van der Waals surface area contributed by atoms with Crippen LogP contribution in [-0.4, -0.2) is 33.9 Å². The molecule has 5 rings (SSSR count). The Morgan fingerprint density at radius 3 is 2.79 bits per heavy atom. The van der Waals surface area contributed by atoms with Crippen LogP contribution >= 0.6 is 11.3 Å². The van der Waals surface area contributed by atoms with E-state index >= 15 is 0 Å². The van der Waals surface area contributed by atoms with Crippen molar-refractivity contribution in [2.24, 2.45) is 0 Å². The quantitative estimate of drug-likeness (QED) is 0.678. The largest absolute Gasteiger partial charge is 0.356 e. The summed E-state index contributed by atoms with van der Waals surface area (Å²) in [6, 6.07) is 4.38. The van der Waals surface area contributed by atoms with Crippen LogP contribution in [-0.2, 0) is 30.6 Å². The van der Waals surface area contributed by atoms with Crippen molar-refractivity contribution in [1.29, 1.82) is 0 Å². The average molecular weight is 408 g/mol. The van der Waals surface area contributed by atoms with Gasteiger partial charge in [-0.15, -0.1) is 11.3 Å². The van der Waals surface area contributed by atoms with Crippen molar-refractivity contribution >= 4 is 33.3 Å². The summed E-state index contributed by atoms with van der Waals surface area (Å²) in [5, 5.41) is 4.21. The van der Waals surface area contributed by atoms with Crippen LogP contribution in [0.5, 0.6) is 0 Å². The van der Waals surface area contributed by atoms with Crippen molar-refractivity contribution in [2.75, 3.05) is 11.9 Å². The van der Waals surface area contributed by atoms with Crippen LogP contribution in [0.3, 0.4) is 0 Å². The molecule has 0 aliphatic heterocycles. The van der Waals surface area contributed by atoms with Gasteiger partial charge >= 0.3 is 0 Å². The van der Waals surface area contributed by atoms with Crippen molar-refractivity contribution < 1.29 is 4.79 Å². The van der Waals surface area contributed by atoms with E-state index in [0.717, 1.165) is 29.1 Å². The van der Waals surface area contributed by atoms with Gasteiger partial charge in [0.1, 0.15) is 16.5 Å². The monoisotopic (exact) mass is 407 g/mol. The first-order chi connectivity index (χ1) is 14.2. The van der Waals surface area contributed by atoms with E-state index in [-0.39, 0.29) is 12.3 Å². The lowest BCUT2D eigenvalue weighted by atomic mass is 9.97. The predicted molar refractivity (Wildman–Crippen MR) is 115 cm³/mol. The van der Waals surface area contributed by atoms with E-state index in [1.807, 2.05) is 12.1 Å². The molecule has 1 fully saturated rings. The van der Waals surface area contributed by atoms with Gasteiger partial charge in [-0.2, -0.15) is 0 Å². The number of thiophene rings is 1. The molecule has 150 valence electrons. The third kappa shape index (κ3) is 3.83. The summed E-state index contributed by atoms with van der Waals surface area (Å²) in [6.45, 7) is 0.492. The standard InChI is InChI=1S/C22H25N5OS/c1-27(15-6-7-15)21-20-16-4-2-3-5-17(16)29-22(20)26-18(25-21)12-19(28)24-13-14-8-10-23-11-9-14/h8-11,15H,2-7,12-13H2,1H3,(H,24,28). The number of carbonyl (C=O) groups is 1. The molecule has 0 aromatic carbocycles. The second-order valence-electron chi connectivity index (χ2n) is 8.01. The third-order valence-corrected chi connectivity index (χ3v) is 7.01. The Morgan fingerprint density at radius 2 is 2.00 bits per heavy atom. The van der Waals surface area contributed by atoms with Gasteiger partial charge in [0.25, 0.3) is 0 Å². The van der Waals surface area contributed by atoms with Crippen LogP contribution in [0.15, 0.2) is 24.5 Å². The molecule has 29 heavy (non-hydrogen) atoms. The molecule has 7 heteroatoms. The SMILES string of the molecule is CN(c1nc(CC(=O)NCc2ccncc2)nc2sc3c(c12)CCCC3)C1CC1. The van der Waals surface area contributed by atoms with Crippen LogP contribution in [0.1, 0.15) is 47.5 Å². The van der Waals surface area contributed by atoms with Gasteiger partial charge in [0.2, 0.25) is 5.91 Å². The van der Waals surface area contributed by atoms with Gasteiger partial charge in [0, 0.05) is 36.9 Å². The molecule has 0 saturated heterocycles. The van der Waals surface area contributed by atoms with Crippen LogP contribution in [0.25, 0.3) is 10.2 Å². The maximum Gasteiger partial charge on any atom is 0.227 e. The molecule has 0 bridgehead atoms. The van der Waals surface area contributed by atoms with Crippen LogP contribution in [0.2, 0.25) is 0 Å². The smallest absolute Gasteiger partial charge is 0.227 e. The summed E-state index contributed by atoms with van der Waals surface area (Å²) < 4.78 is 0. The van der Waals surface area contributed by atoms with Gasteiger partial charge in [0.15, 0.2) is 0 Å². The number of anilines is 1. The fraction of sp³-hybridized carbons (Fsp3) is 0.455. The van der Waals surface area contributed by atoms with E-state index in [4.69, 9.17) is 9.97 Å². The summed E-state index contributed by atoms with van der Waals surface area (Å²) >= 11 is 1.80. The van der Waals surface area contributed by atoms with Gasteiger partial charge in [-0.1, -0.05) is 0 Å². The first-order valence-corrected chi connectivity index (χ1v) is 11.2. The van der Waals surface area contributed by atoms with E-state index in [1.165, 1.54) is 41.5 Å². The van der Waals surface area contributed by atoms with E-state index in [9.17, 15) is 4.79 Å². The number of pyridine rings is 1. The Hall–Kier alpha value is -2.54. The Bertz CT molecular complexity index is 1040. The normalized spacial score (nSPS) is 15.9. The van der Waals surface area contributed by atoms with E-state index in [2.05, 4.69) is 22.2 Å². The lowest BCUT2D eigenvalue weighted by molar-refractivity contribution is -0.120. The number of rotatable bonds is 6. The zero-order chi connectivity index (χ0) is 19.8. The maximum atomic E-state index is 12.5. The van der Waals surface area contributed by atoms with Crippen LogP contribution in [0, 0.1) is 0 Å². The molecule has 1 N–H and O–H groups in total. The van der Waals surface area contributed by atoms with E-state index in [1.54, 1.807) is 23.7 Å². The average Bonchev–Trinajstić information content (AvgIpc) is 3.52. The molecule has 0 unspecified atom stereocenters. The van der Waals surface area contributed by atoms with Crippen LogP contribution < -0.4 is 10.2 Å². The molecular weight excluding hydrogens is 382 g/mol. The molecular formula is C22H25N5OS. The molecule has 0 radical (unpaired) electrons. The Balaban J connectivity index is 1.42. The number of aromatic nitrogens is 3. The fourth-order valence-electron chi connectivity index (χ4n) is 4.06. The highest BCUT2D eigenvalue weighted by Gasteiger charge is 2.31. The Morgan fingerprint density at radius 1 is 1.21 bits per heavy atom. The molecule has 1 saturated carbocycles. The number of nitrogens with one attached hydrogen (secondary N) is 1. The van der Waals surface area contributed by atoms with Crippen molar-refractivity contribution in [1.82, 2.24) is 20.3 Å². The highest BCUT2D eigenvalue weighted by Crippen LogP contribution is 2.41. The van der Waals surface area contributed by atoms with Crippen molar-refractivity contribution in [3.63, 3.8) is 0 Å². The third-order valence-electron chi connectivity index (χ3n) is 5.83. The van der Waals surface area contributed by atoms with Crippen LogP contribution in [0.4, 0.5) is 5.82 Å². The first kappa shape index (κ1) is 18.5. The number of amides is 1. The Labute approximate surface area is 174 Å². The summed E-state index contributed by atoms with van der Waals surface area (Å²) in [7, 11) is 2.14. The minimum Gasteiger partial charge on any atom is -0.356 e. The first-order valence-electron chi connectivity index (χ1n) is 10.4. The molecule has 3 aromatic heterocycles. The lowest BCUT2D eigenvalue weighted by Gasteiger charge is -2.20. The fourth-order valence-corrected chi connectivity index (χ4v) is 5.33. The zero-order valence-corrected chi connectivity index (χ0v) is 17.5. The number of aryl methyl sites for hydroxylation is 2. The summed E-state index contributed by atoms with van der Waals surface area (Å²) in [5.41, 5.74) is 2.48. The molecule has 0 spiro atoms. The second kappa shape index (κ2) is 7.71. The second-order valence-corrected chi connectivity index (χ2v) is 9.09. The highest BCUT2D eigenvalue weighted by molar-refractivity contribution is 7.19. The Kier molecular flexibility index (Phi) is 4.91. The highest BCUT2D eigenvalue weighted by atomic mass is 32.1. The molecule has 0 atom stereocenters. The summed E-state index contributed by atoms with van der Waals surface area (Å²) in [4.78, 5) is 31.0. The minimum absolute atomic E-state index is 0.0532. The number of fused-ring (bicyclic) bond motifs is 3. The summed E-state index contributed by atoms with van der Waals surface area (Å²) in [6.07, 6.45) is 10.9. The van der Waals surface area contributed by atoms with E-state index < -0.39 is 0 Å². The van der Waals surface area contributed by atoms with Gasteiger partial charge in [-0.3, -0.25) is 9.78 Å². The topological polar surface area (TPSA) is 71.0 Å². The number of hydrogen-bond donors (Lipinski definition) is 1. The summed E-state index contributed by atoms with van der Waals surface area (Å²) in [5.74, 6) is 1.59. The number of hydrogen-bond acceptors (Lipinski definition) is 6. The molecule has 2 aliphatic carbocycles. The van der Waals surface area contributed by atoms with Crippen molar-refractivity contribution in [2.45, 2.75) is 57.5 Å². The molecule has 6 nitrogen and oxygen atoms in total. The maximum absolute atomic E-state index is 12.5. The van der Waals surface area contributed by atoms with Gasteiger partial charge in [-0.05, 0) is 61.8 Å². The van der Waals surface area contributed by atoms with E-state index in [0.29, 0.717) is 18.4 Å². The van der Waals surface area contributed by atoms with Crippen molar-refractivity contribution in [3.8, 4) is 0 Å². The minimum atomic E-state index is -0.0532. The van der Waals surface area contributed by atoms with Gasteiger partial charge < -0.3 is 10.2 Å². The molecule has 1 amide bonds. The predicted octanol–water partition coefficient (Wildman–Crippen LogP) is 3.42. The van der Waals surface area contributed by atoms with Crippen molar-refractivity contribution in [3.05, 3.63) is 46.4 Å².